The lowest BCUT2D eigenvalue weighted by Gasteiger charge is -2.27. The fourth-order valence-corrected chi connectivity index (χ4v) is 2.83. The molecule has 4 nitrogen and oxygen atoms in total. The van der Waals surface area contributed by atoms with Crippen molar-refractivity contribution in [3.8, 4) is 0 Å². The van der Waals surface area contributed by atoms with Crippen LogP contribution in [0.3, 0.4) is 0 Å². The Morgan fingerprint density at radius 1 is 1.44 bits per heavy atom. The van der Waals surface area contributed by atoms with Crippen LogP contribution in [0.1, 0.15) is 25.7 Å². The molecule has 0 radical (unpaired) electrons. The molecule has 2 N–H and O–H groups in total. The highest BCUT2D eigenvalue weighted by Crippen LogP contribution is 2.27. The van der Waals surface area contributed by atoms with Gasteiger partial charge in [0.1, 0.15) is 0 Å². The van der Waals surface area contributed by atoms with E-state index < -0.39 is 0 Å². The smallest absolute Gasteiger partial charge is 0.290 e. The molecule has 0 amide bonds. The van der Waals surface area contributed by atoms with Gasteiger partial charge in [0.25, 0.3) is 5.56 Å². The molecule has 1 fully saturated rings. The zero-order valence-electron chi connectivity index (χ0n) is 9.40. The molecule has 0 spiro atoms. The summed E-state index contributed by atoms with van der Waals surface area (Å²) in [6, 6.07) is 0.402. The van der Waals surface area contributed by atoms with Crippen LogP contribution in [0.2, 0.25) is 0 Å². The summed E-state index contributed by atoms with van der Waals surface area (Å²) in [5, 5.41) is 4.02. The molecular weight excluding hydrogens is 222 g/mol. The number of nitrogens with one attached hydrogen (secondary N) is 2. The number of thioether (sulfide) groups is 1. The van der Waals surface area contributed by atoms with Crippen LogP contribution in [0.15, 0.2) is 17.2 Å². The Labute approximate surface area is 99.3 Å². The predicted molar refractivity (Wildman–Crippen MR) is 68.0 cm³/mol. The predicted octanol–water partition coefficient (Wildman–Crippen LogP) is 1.86. The number of anilines is 1. The van der Waals surface area contributed by atoms with E-state index in [0.717, 1.165) is 18.1 Å². The summed E-state index contributed by atoms with van der Waals surface area (Å²) in [6.07, 6.45) is 10.0. The zero-order chi connectivity index (χ0) is 11.4. The third kappa shape index (κ3) is 2.78. The maximum absolute atomic E-state index is 11.4. The summed E-state index contributed by atoms with van der Waals surface area (Å²) < 4.78 is 0. The summed E-state index contributed by atoms with van der Waals surface area (Å²) in [7, 11) is 0. The fraction of sp³-hybridized carbons (Fsp3) is 0.636. The summed E-state index contributed by atoms with van der Waals surface area (Å²) in [5.41, 5.74) is -0.130. The second-order valence-corrected chi connectivity index (χ2v) is 5.26. The van der Waals surface area contributed by atoms with Gasteiger partial charge in [0.2, 0.25) is 0 Å². The van der Waals surface area contributed by atoms with Gasteiger partial charge in [0.15, 0.2) is 5.82 Å². The fourth-order valence-electron chi connectivity index (χ4n) is 2.09. The molecular formula is C11H17N3OS. The van der Waals surface area contributed by atoms with Crippen molar-refractivity contribution in [1.29, 1.82) is 0 Å². The normalized spacial score (nSPS) is 25.3. The maximum Gasteiger partial charge on any atom is 0.290 e. The summed E-state index contributed by atoms with van der Waals surface area (Å²) >= 11 is 1.95. The first-order valence-corrected chi connectivity index (χ1v) is 6.91. The Morgan fingerprint density at radius 3 is 2.81 bits per heavy atom. The second-order valence-electron chi connectivity index (χ2n) is 4.12. The first-order chi connectivity index (χ1) is 7.79. The molecule has 1 aliphatic carbocycles. The van der Waals surface area contributed by atoms with E-state index in [1.807, 2.05) is 11.8 Å². The van der Waals surface area contributed by atoms with Crippen molar-refractivity contribution in [3.05, 3.63) is 22.7 Å². The number of nitrogens with zero attached hydrogens (tertiary/aromatic N) is 1. The summed E-state index contributed by atoms with van der Waals surface area (Å²) in [6.45, 7) is 0. The topological polar surface area (TPSA) is 57.8 Å². The quantitative estimate of drug-likeness (QED) is 0.845. The molecule has 2 rings (SSSR count). The molecule has 1 saturated carbocycles. The second kappa shape index (κ2) is 5.39. The van der Waals surface area contributed by atoms with Crippen LogP contribution in [0, 0.1) is 0 Å². The average molecular weight is 239 g/mol. The Kier molecular flexibility index (Phi) is 3.88. The molecule has 1 heterocycles. The minimum absolute atomic E-state index is 0.130. The molecule has 1 aliphatic rings. The number of H-pyrrole nitrogens is 1. The minimum atomic E-state index is -0.130. The van der Waals surface area contributed by atoms with Crippen molar-refractivity contribution < 1.29 is 0 Å². The highest BCUT2D eigenvalue weighted by molar-refractivity contribution is 7.99. The van der Waals surface area contributed by atoms with Gasteiger partial charge in [0.05, 0.1) is 0 Å². The van der Waals surface area contributed by atoms with Gasteiger partial charge in [-0.05, 0) is 31.9 Å². The molecule has 88 valence electrons. The first kappa shape index (κ1) is 11.5. The minimum Gasteiger partial charge on any atom is -0.363 e. The lowest BCUT2D eigenvalue weighted by molar-refractivity contribution is 0.472. The van der Waals surface area contributed by atoms with E-state index in [2.05, 4.69) is 21.5 Å². The largest absolute Gasteiger partial charge is 0.363 e. The van der Waals surface area contributed by atoms with Gasteiger partial charge in [-0.3, -0.25) is 4.79 Å². The van der Waals surface area contributed by atoms with Gasteiger partial charge >= 0.3 is 0 Å². The van der Waals surface area contributed by atoms with Crippen molar-refractivity contribution in [1.82, 2.24) is 9.97 Å². The lowest BCUT2D eigenvalue weighted by atomic mass is 9.95. The third-order valence-electron chi connectivity index (χ3n) is 3.06. The molecule has 1 aromatic rings. The van der Waals surface area contributed by atoms with E-state index in [0.29, 0.717) is 11.9 Å². The van der Waals surface area contributed by atoms with Crippen LogP contribution in [0.25, 0.3) is 0 Å². The SMILES string of the molecule is CSC1CCC(Nc2ncc[nH]c2=O)CC1. The van der Waals surface area contributed by atoms with Crippen molar-refractivity contribution in [2.24, 2.45) is 0 Å². The van der Waals surface area contributed by atoms with Crippen molar-refractivity contribution in [2.45, 2.75) is 37.0 Å². The van der Waals surface area contributed by atoms with E-state index in [9.17, 15) is 4.79 Å². The average Bonchev–Trinajstić information content (AvgIpc) is 2.33. The molecule has 0 atom stereocenters. The standard InChI is InChI=1S/C11H17N3OS/c1-16-9-4-2-8(3-5-9)14-10-11(15)13-7-6-12-10/h6-9H,2-5H2,1H3,(H,12,14)(H,13,15). The van der Waals surface area contributed by atoms with Crippen molar-refractivity contribution >= 4 is 17.6 Å². The number of rotatable bonds is 3. The summed E-state index contributed by atoms with van der Waals surface area (Å²) in [5.74, 6) is 0.454. The number of hydrogen-bond donors (Lipinski definition) is 2. The molecule has 0 aliphatic heterocycles. The van der Waals surface area contributed by atoms with Crippen LogP contribution in [-0.2, 0) is 0 Å². The van der Waals surface area contributed by atoms with E-state index in [-0.39, 0.29) is 5.56 Å². The Morgan fingerprint density at radius 2 is 2.19 bits per heavy atom. The molecule has 0 saturated heterocycles. The molecule has 0 unspecified atom stereocenters. The zero-order valence-corrected chi connectivity index (χ0v) is 10.2. The van der Waals surface area contributed by atoms with Crippen LogP contribution >= 0.6 is 11.8 Å². The van der Waals surface area contributed by atoms with Gasteiger partial charge in [0, 0.05) is 23.7 Å². The van der Waals surface area contributed by atoms with E-state index in [4.69, 9.17) is 0 Å². The van der Waals surface area contributed by atoms with E-state index in [1.165, 1.54) is 12.8 Å². The van der Waals surface area contributed by atoms with Gasteiger partial charge in [-0.15, -0.1) is 0 Å². The molecule has 1 aromatic heterocycles. The maximum atomic E-state index is 11.4. The molecule has 0 aromatic carbocycles. The van der Waals surface area contributed by atoms with E-state index in [1.54, 1.807) is 12.4 Å². The monoisotopic (exact) mass is 239 g/mol. The summed E-state index contributed by atoms with van der Waals surface area (Å²) in [4.78, 5) is 18.1. The number of aromatic amines is 1. The van der Waals surface area contributed by atoms with Crippen molar-refractivity contribution in [2.75, 3.05) is 11.6 Å². The van der Waals surface area contributed by atoms with Crippen LogP contribution in [0.5, 0.6) is 0 Å². The third-order valence-corrected chi connectivity index (χ3v) is 4.19. The van der Waals surface area contributed by atoms with Gasteiger partial charge in [-0.25, -0.2) is 4.98 Å². The van der Waals surface area contributed by atoms with Crippen LogP contribution in [0.4, 0.5) is 5.82 Å². The first-order valence-electron chi connectivity index (χ1n) is 5.62. The van der Waals surface area contributed by atoms with Gasteiger partial charge in [-0.1, -0.05) is 0 Å². The highest BCUT2D eigenvalue weighted by atomic mass is 32.2. The molecule has 0 bridgehead atoms. The van der Waals surface area contributed by atoms with Crippen molar-refractivity contribution in [3.63, 3.8) is 0 Å². The number of aromatic nitrogens is 2. The Hall–Kier alpha value is -0.970. The lowest BCUT2D eigenvalue weighted by Crippen LogP contribution is -2.30. The Bertz CT molecular complexity index is 385. The highest BCUT2D eigenvalue weighted by Gasteiger charge is 2.20. The molecule has 16 heavy (non-hydrogen) atoms. The van der Waals surface area contributed by atoms with Crippen LogP contribution in [-0.4, -0.2) is 27.5 Å². The Balaban J connectivity index is 1.92. The van der Waals surface area contributed by atoms with Gasteiger partial charge in [-0.2, -0.15) is 11.8 Å². The molecule has 5 heteroatoms. The van der Waals surface area contributed by atoms with Gasteiger partial charge < -0.3 is 10.3 Å². The van der Waals surface area contributed by atoms with Crippen LogP contribution < -0.4 is 10.9 Å². The number of hydrogen-bond acceptors (Lipinski definition) is 4. The van der Waals surface area contributed by atoms with E-state index >= 15 is 0 Å².